The highest BCUT2D eigenvalue weighted by Gasteiger charge is 2.02. The number of hydrogen-bond acceptors (Lipinski definition) is 3. The molecule has 0 radical (unpaired) electrons. The largest absolute Gasteiger partial charge is 0.497 e. The fourth-order valence-electron chi connectivity index (χ4n) is 2.36. The van der Waals surface area contributed by atoms with Crippen LogP contribution >= 0.6 is 11.6 Å². The summed E-state index contributed by atoms with van der Waals surface area (Å²) in [5.74, 6) is 1.89. The van der Waals surface area contributed by atoms with Crippen molar-refractivity contribution >= 4 is 23.2 Å². The average molecular weight is 362 g/mol. The van der Waals surface area contributed by atoms with Gasteiger partial charge in [0.15, 0.2) is 5.96 Å². The molecule has 0 heterocycles. The molecule has 0 aliphatic carbocycles. The van der Waals surface area contributed by atoms with E-state index in [9.17, 15) is 0 Å². The zero-order valence-corrected chi connectivity index (χ0v) is 15.3. The summed E-state index contributed by atoms with van der Waals surface area (Å²) in [6, 6.07) is 13.5. The van der Waals surface area contributed by atoms with Gasteiger partial charge in [-0.1, -0.05) is 23.7 Å². The average Bonchev–Trinajstić information content (AvgIpc) is 2.62. The van der Waals surface area contributed by atoms with Crippen molar-refractivity contribution in [3.05, 3.63) is 53.1 Å². The van der Waals surface area contributed by atoms with Gasteiger partial charge in [0.05, 0.1) is 19.2 Å². The summed E-state index contributed by atoms with van der Waals surface area (Å²) in [6.45, 7) is 0.679. The molecule has 0 atom stereocenters. The van der Waals surface area contributed by atoms with Crippen LogP contribution < -0.4 is 20.5 Å². The smallest absolute Gasteiger partial charge is 0.193 e. The van der Waals surface area contributed by atoms with Gasteiger partial charge in [-0.3, -0.25) is 4.99 Å². The molecule has 2 rings (SSSR count). The van der Waals surface area contributed by atoms with Gasteiger partial charge in [-0.15, -0.1) is 0 Å². The topological polar surface area (TPSA) is 68.9 Å². The summed E-state index contributed by atoms with van der Waals surface area (Å²) >= 11 is 6.08. The number of aryl methyl sites for hydroxylation is 1. The molecule has 25 heavy (non-hydrogen) atoms. The van der Waals surface area contributed by atoms with E-state index in [-0.39, 0.29) is 0 Å². The monoisotopic (exact) mass is 361 g/mol. The van der Waals surface area contributed by atoms with Crippen LogP contribution in [0.2, 0.25) is 5.02 Å². The molecule has 0 fully saturated rings. The Balaban J connectivity index is 1.72. The Morgan fingerprint density at radius 3 is 2.48 bits per heavy atom. The summed E-state index contributed by atoms with van der Waals surface area (Å²) in [7, 11) is 3.25. The molecule has 0 aromatic heterocycles. The number of hydrogen-bond donors (Lipinski definition) is 2. The lowest BCUT2D eigenvalue weighted by molar-refractivity contribution is 0.414. The number of nitrogens with one attached hydrogen (secondary N) is 1. The highest BCUT2D eigenvalue weighted by Crippen LogP contribution is 2.27. The molecule has 5 nitrogen and oxygen atoms in total. The van der Waals surface area contributed by atoms with Crippen molar-refractivity contribution in [3.63, 3.8) is 0 Å². The second kappa shape index (κ2) is 9.79. The van der Waals surface area contributed by atoms with Gasteiger partial charge in [0.25, 0.3) is 0 Å². The van der Waals surface area contributed by atoms with Gasteiger partial charge in [-0.25, -0.2) is 0 Å². The number of rotatable bonds is 8. The first-order valence-electron chi connectivity index (χ1n) is 8.16. The third-order valence-corrected chi connectivity index (χ3v) is 4.03. The molecule has 0 bridgehead atoms. The predicted octanol–water partition coefficient (Wildman–Crippen LogP) is 4.11. The molecule has 2 aromatic carbocycles. The second-order valence-electron chi connectivity index (χ2n) is 5.55. The van der Waals surface area contributed by atoms with Crippen molar-refractivity contribution in [3.8, 4) is 11.5 Å². The Labute approximate surface area is 153 Å². The number of aliphatic imine (C=N–C) groups is 1. The molecule has 0 spiro atoms. The van der Waals surface area contributed by atoms with Gasteiger partial charge < -0.3 is 20.5 Å². The second-order valence-corrected chi connectivity index (χ2v) is 5.95. The van der Waals surface area contributed by atoms with Crippen LogP contribution in [-0.2, 0) is 6.42 Å². The van der Waals surface area contributed by atoms with Crippen molar-refractivity contribution in [1.29, 1.82) is 0 Å². The Bertz CT molecular complexity index is 702. The van der Waals surface area contributed by atoms with Gasteiger partial charge >= 0.3 is 0 Å². The van der Waals surface area contributed by atoms with Crippen LogP contribution in [0.25, 0.3) is 0 Å². The number of halogens is 1. The van der Waals surface area contributed by atoms with Gasteiger partial charge in [0, 0.05) is 12.2 Å². The predicted molar refractivity (Wildman–Crippen MR) is 104 cm³/mol. The number of benzene rings is 2. The van der Waals surface area contributed by atoms with Gasteiger partial charge in [0.2, 0.25) is 0 Å². The van der Waals surface area contributed by atoms with Crippen LogP contribution in [0.1, 0.15) is 18.4 Å². The van der Waals surface area contributed by atoms with E-state index in [0.717, 1.165) is 30.7 Å². The molecule has 134 valence electrons. The highest BCUT2D eigenvalue weighted by molar-refractivity contribution is 6.32. The van der Waals surface area contributed by atoms with Crippen molar-refractivity contribution in [1.82, 2.24) is 0 Å². The van der Waals surface area contributed by atoms with Crippen LogP contribution in [0.4, 0.5) is 5.69 Å². The first-order valence-corrected chi connectivity index (χ1v) is 8.53. The SMILES string of the molecule is COc1ccc(CCCCN=C(N)Nc2ccc(OC)c(Cl)c2)cc1. The first-order chi connectivity index (χ1) is 12.1. The maximum Gasteiger partial charge on any atom is 0.193 e. The van der Waals surface area contributed by atoms with E-state index in [2.05, 4.69) is 22.4 Å². The molecule has 6 heteroatoms. The molecule has 0 saturated carbocycles. The maximum absolute atomic E-state index is 6.08. The first kappa shape index (κ1) is 18.9. The maximum atomic E-state index is 6.08. The lowest BCUT2D eigenvalue weighted by Gasteiger charge is -2.08. The van der Waals surface area contributed by atoms with Crippen molar-refractivity contribution in [2.45, 2.75) is 19.3 Å². The summed E-state index contributed by atoms with van der Waals surface area (Å²) in [4.78, 5) is 4.34. The summed E-state index contributed by atoms with van der Waals surface area (Å²) in [5.41, 5.74) is 7.98. The zero-order chi connectivity index (χ0) is 18.1. The van der Waals surface area contributed by atoms with E-state index in [1.807, 2.05) is 18.2 Å². The molecule has 0 amide bonds. The van der Waals surface area contributed by atoms with Crippen molar-refractivity contribution in [2.75, 3.05) is 26.1 Å². The van der Waals surface area contributed by atoms with Gasteiger partial charge in [-0.05, 0) is 55.2 Å². The minimum absolute atomic E-state index is 0.380. The molecule has 2 aromatic rings. The zero-order valence-electron chi connectivity index (χ0n) is 14.6. The van der Waals surface area contributed by atoms with Gasteiger partial charge in [0.1, 0.15) is 11.5 Å². The third kappa shape index (κ3) is 6.19. The summed E-state index contributed by atoms with van der Waals surface area (Å²) in [6.07, 6.45) is 3.04. The van der Waals surface area contributed by atoms with E-state index in [4.69, 9.17) is 26.8 Å². The number of ether oxygens (including phenoxy) is 2. The number of nitrogens with zero attached hydrogens (tertiary/aromatic N) is 1. The Morgan fingerprint density at radius 2 is 1.84 bits per heavy atom. The third-order valence-electron chi connectivity index (χ3n) is 3.74. The number of anilines is 1. The molecule has 0 unspecified atom stereocenters. The van der Waals surface area contributed by atoms with E-state index in [1.54, 1.807) is 26.4 Å². The number of guanidine groups is 1. The Morgan fingerprint density at radius 1 is 1.08 bits per heavy atom. The minimum atomic E-state index is 0.380. The number of methoxy groups -OCH3 is 2. The quantitative estimate of drug-likeness (QED) is 0.422. The number of nitrogens with two attached hydrogens (primary N) is 1. The molecular formula is C19H24ClN3O2. The van der Waals surface area contributed by atoms with E-state index >= 15 is 0 Å². The lowest BCUT2D eigenvalue weighted by atomic mass is 10.1. The molecule has 0 saturated heterocycles. The van der Waals surface area contributed by atoms with Crippen LogP contribution in [0.5, 0.6) is 11.5 Å². The standard InChI is InChI=1S/C19H24ClN3O2/c1-24-16-9-6-14(7-10-16)5-3-4-12-22-19(21)23-15-8-11-18(25-2)17(20)13-15/h6-11,13H,3-5,12H2,1-2H3,(H3,21,22,23). The lowest BCUT2D eigenvalue weighted by Crippen LogP contribution is -2.22. The van der Waals surface area contributed by atoms with Crippen molar-refractivity contribution in [2.24, 2.45) is 10.7 Å². The fourth-order valence-corrected chi connectivity index (χ4v) is 2.62. The van der Waals surface area contributed by atoms with Crippen LogP contribution in [0, 0.1) is 0 Å². The normalized spacial score (nSPS) is 11.2. The van der Waals surface area contributed by atoms with E-state index in [1.165, 1.54) is 5.56 Å². The van der Waals surface area contributed by atoms with E-state index < -0.39 is 0 Å². The van der Waals surface area contributed by atoms with Crippen molar-refractivity contribution < 1.29 is 9.47 Å². The number of unbranched alkanes of at least 4 members (excludes halogenated alkanes) is 1. The Hall–Kier alpha value is -2.40. The van der Waals surface area contributed by atoms with Gasteiger partial charge in [-0.2, -0.15) is 0 Å². The minimum Gasteiger partial charge on any atom is -0.497 e. The van der Waals surface area contributed by atoms with Crippen LogP contribution in [0.3, 0.4) is 0 Å². The summed E-state index contributed by atoms with van der Waals surface area (Å²) in [5, 5.41) is 3.56. The molecular weight excluding hydrogens is 338 g/mol. The summed E-state index contributed by atoms with van der Waals surface area (Å²) < 4.78 is 10.3. The Kier molecular flexibility index (Phi) is 7.41. The molecule has 3 N–H and O–H groups in total. The van der Waals surface area contributed by atoms with Crippen LogP contribution in [0.15, 0.2) is 47.5 Å². The highest BCUT2D eigenvalue weighted by atomic mass is 35.5. The van der Waals surface area contributed by atoms with E-state index in [0.29, 0.717) is 23.3 Å². The van der Waals surface area contributed by atoms with Crippen LogP contribution in [-0.4, -0.2) is 26.7 Å². The molecule has 0 aliphatic rings. The fraction of sp³-hybridized carbons (Fsp3) is 0.316. The molecule has 0 aliphatic heterocycles.